The molecule has 0 aromatic carbocycles. The van der Waals surface area contributed by atoms with E-state index in [1.54, 1.807) is 7.11 Å². The van der Waals surface area contributed by atoms with Crippen molar-refractivity contribution in [2.45, 2.75) is 39.8 Å². The van der Waals surface area contributed by atoms with Crippen molar-refractivity contribution in [1.82, 2.24) is 9.30 Å². The van der Waals surface area contributed by atoms with Crippen molar-refractivity contribution in [2.24, 2.45) is 0 Å². The minimum absolute atomic E-state index is 0.146. The van der Waals surface area contributed by atoms with Gasteiger partial charge in [0, 0.05) is 36.1 Å². The lowest BCUT2D eigenvalue weighted by molar-refractivity contribution is 0.0868. The van der Waals surface area contributed by atoms with Gasteiger partial charge in [-0.1, -0.05) is 0 Å². The second-order valence-electron chi connectivity index (χ2n) is 5.87. The molecule has 0 unspecified atom stereocenters. The van der Waals surface area contributed by atoms with Gasteiger partial charge >= 0.3 is 0 Å². The van der Waals surface area contributed by atoms with Gasteiger partial charge in [-0.05, 0) is 39.8 Å². The molecule has 4 nitrogen and oxygen atoms in total. The molecule has 0 saturated heterocycles. The predicted octanol–water partition coefficient (Wildman–Crippen LogP) is 3.25. The van der Waals surface area contributed by atoms with Gasteiger partial charge in [0.25, 0.3) is 0 Å². The van der Waals surface area contributed by atoms with E-state index in [2.05, 4.69) is 32.6 Å². The van der Waals surface area contributed by atoms with Crippen LogP contribution in [0.5, 0.6) is 5.75 Å². The lowest BCUT2D eigenvalue weighted by atomic mass is 10.1. The SMILES string of the molecule is COc1ccn2ccc(C(=O)CN(C(C)C)C(C)C)c2c1. The number of aromatic nitrogens is 1. The van der Waals surface area contributed by atoms with E-state index in [-0.39, 0.29) is 5.78 Å². The van der Waals surface area contributed by atoms with Crippen LogP contribution in [0.2, 0.25) is 0 Å². The highest BCUT2D eigenvalue weighted by molar-refractivity contribution is 6.04. The number of carbonyl (C=O) groups is 1. The smallest absolute Gasteiger partial charge is 0.178 e. The standard InChI is InChI=1S/C17H24N2O2/c1-12(2)19(13(3)4)11-17(20)15-7-9-18-8-6-14(21-5)10-16(15)18/h6-10,12-13H,11H2,1-5H3. The summed E-state index contributed by atoms with van der Waals surface area (Å²) in [6, 6.07) is 6.36. The van der Waals surface area contributed by atoms with E-state index >= 15 is 0 Å². The Labute approximate surface area is 126 Å². The third-order valence-electron chi connectivity index (χ3n) is 3.82. The number of ketones is 1. The Morgan fingerprint density at radius 1 is 1.19 bits per heavy atom. The first-order chi connectivity index (χ1) is 9.93. The Morgan fingerprint density at radius 3 is 2.38 bits per heavy atom. The van der Waals surface area contributed by atoms with E-state index in [0.29, 0.717) is 18.6 Å². The Kier molecular flexibility index (Phi) is 4.68. The van der Waals surface area contributed by atoms with Gasteiger partial charge in [0.2, 0.25) is 0 Å². The van der Waals surface area contributed by atoms with Gasteiger partial charge in [-0.15, -0.1) is 0 Å². The first-order valence-corrected chi connectivity index (χ1v) is 7.37. The number of hydrogen-bond donors (Lipinski definition) is 0. The summed E-state index contributed by atoms with van der Waals surface area (Å²) < 4.78 is 7.20. The Hall–Kier alpha value is -1.81. The number of Topliss-reactive ketones (excluding diaryl/α,β-unsaturated/α-hetero) is 1. The van der Waals surface area contributed by atoms with E-state index in [1.807, 2.05) is 35.0 Å². The van der Waals surface area contributed by atoms with Crippen molar-refractivity contribution in [3.05, 3.63) is 36.2 Å². The third-order valence-corrected chi connectivity index (χ3v) is 3.82. The number of methoxy groups -OCH3 is 1. The fourth-order valence-electron chi connectivity index (χ4n) is 2.65. The minimum Gasteiger partial charge on any atom is -0.497 e. The maximum Gasteiger partial charge on any atom is 0.178 e. The average Bonchev–Trinajstić information content (AvgIpc) is 2.86. The van der Waals surface area contributed by atoms with E-state index in [0.717, 1.165) is 16.8 Å². The Balaban J connectivity index is 2.30. The molecule has 0 amide bonds. The van der Waals surface area contributed by atoms with Gasteiger partial charge < -0.3 is 9.14 Å². The Morgan fingerprint density at radius 2 is 1.81 bits per heavy atom. The molecule has 0 aliphatic carbocycles. The lowest BCUT2D eigenvalue weighted by Gasteiger charge is -2.29. The molecule has 0 aliphatic rings. The average molecular weight is 288 g/mol. The number of pyridine rings is 1. The monoisotopic (exact) mass is 288 g/mol. The first-order valence-electron chi connectivity index (χ1n) is 7.37. The van der Waals surface area contributed by atoms with Crippen LogP contribution >= 0.6 is 0 Å². The molecular formula is C17H24N2O2. The summed E-state index contributed by atoms with van der Waals surface area (Å²) in [6.45, 7) is 8.91. The molecule has 0 bridgehead atoms. The topological polar surface area (TPSA) is 34.0 Å². The number of rotatable bonds is 6. The third kappa shape index (κ3) is 3.27. The number of carbonyl (C=O) groups excluding carboxylic acids is 1. The van der Waals surface area contributed by atoms with Crippen LogP contribution in [0.25, 0.3) is 5.52 Å². The molecule has 0 radical (unpaired) electrons. The fourth-order valence-corrected chi connectivity index (χ4v) is 2.65. The minimum atomic E-state index is 0.146. The van der Waals surface area contributed by atoms with Gasteiger partial charge in [-0.2, -0.15) is 0 Å². The van der Waals surface area contributed by atoms with Crippen molar-refractivity contribution in [2.75, 3.05) is 13.7 Å². The zero-order valence-electron chi connectivity index (χ0n) is 13.5. The van der Waals surface area contributed by atoms with Crippen molar-refractivity contribution in [3.8, 4) is 5.75 Å². The number of fused-ring (bicyclic) bond motifs is 1. The number of nitrogens with zero attached hydrogens (tertiary/aromatic N) is 2. The molecule has 0 fully saturated rings. The lowest BCUT2D eigenvalue weighted by Crippen LogP contribution is -2.40. The first kappa shape index (κ1) is 15.6. The molecule has 21 heavy (non-hydrogen) atoms. The maximum absolute atomic E-state index is 12.6. The molecule has 0 spiro atoms. The summed E-state index contributed by atoms with van der Waals surface area (Å²) in [4.78, 5) is 14.8. The maximum atomic E-state index is 12.6. The summed E-state index contributed by atoms with van der Waals surface area (Å²) in [5, 5.41) is 0. The van der Waals surface area contributed by atoms with Crippen LogP contribution in [-0.2, 0) is 0 Å². The van der Waals surface area contributed by atoms with E-state index < -0.39 is 0 Å². The highest BCUT2D eigenvalue weighted by Gasteiger charge is 2.20. The van der Waals surface area contributed by atoms with Crippen molar-refractivity contribution >= 4 is 11.3 Å². The zero-order chi connectivity index (χ0) is 15.6. The van der Waals surface area contributed by atoms with E-state index in [1.165, 1.54) is 0 Å². The molecule has 2 rings (SSSR count). The van der Waals surface area contributed by atoms with Gasteiger partial charge in [0.05, 0.1) is 19.2 Å². The second-order valence-corrected chi connectivity index (χ2v) is 5.87. The molecule has 114 valence electrons. The summed E-state index contributed by atoms with van der Waals surface area (Å²) in [6.07, 6.45) is 3.82. The predicted molar refractivity (Wildman–Crippen MR) is 85.3 cm³/mol. The molecule has 0 N–H and O–H groups in total. The summed E-state index contributed by atoms with van der Waals surface area (Å²) in [5.74, 6) is 0.910. The van der Waals surface area contributed by atoms with Crippen LogP contribution in [0, 0.1) is 0 Å². The molecule has 2 heterocycles. The van der Waals surface area contributed by atoms with Crippen LogP contribution in [-0.4, -0.2) is 40.8 Å². The molecule has 2 aromatic rings. The zero-order valence-corrected chi connectivity index (χ0v) is 13.5. The van der Waals surface area contributed by atoms with Gasteiger partial charge in [-0.3, -0.25) is 9.69 Å². The summed E-state index contributed by atoms with van der Waals surface area (Å²) >= 11 is 0. The molecular weight excluding hydrogens is 264 g/mol. The van der Waals surface area contributed by atoms with Crippen LogP contribution in [0.1, 0.15) is 38.1 Å². The second kappa shape index (κ2) is 6.31. The molecule has 2 aromatic heterocycles. The van der Waals surface area contributed by atoms with Crippen LogP contribution < -0.4 is 4.74 Å². The number of hydrogen-bond acceptors (Lipinski definition) is 3. The van der Waals surface area contributed by atoms with Crippen LogP contribution in [0.3, 0.4) is 0 Å². The van der Waals surface area contributed by atoms with E-state index in [4.69, 9.17) is 4.74 Å². The Bertz CT molecular complexity index is 621. The van der Waals surface area contributed by atoms with Crippen molar-refractivity contribution < 1.29 is 9.53 Å². The van der Waals surface area contributed by atoms with Crippen molar-refractivity contribution in [3.63, 3.8) is 0 Å². The highest BCUT2D eigenvalue weighted by atomic mass is 16.5. The summed E-state index contributed by atoms with van der Waals surface area (Å²) in [7, 11) is 1.63. The van der Waals surface area contributed by atoms with E-state index in [9.17, 15) is 4.79 Å². The molecule has 0 saturated carbocycles. The van der Waals surface area contributed by atoms with Crippen molar-refractivity contribution in [1.29, 1.82) is 0 Å². The summed E-state index contributed by atoms with van der Waals surface area (Å²) in [5.41, 5.74) is 1.65. The quantitative estimate of drug-likeness (QED) is 0.765. The van der Waals surface area contributed by atoms with Crippen LogP contribution in [0.4, 0.5) is 0 Å². The highest BCUT2D eigenvalue weighted by Crippen LogP contribution is 2.20. The molecule has 0 atom stereocenters. The number of ether oxygens (including phenoxy) is 1. The molecule has 0 aliphatic heterocycles. The fraction of sp³-hybridized carbons (Fsp3) is 0.471. The largest absolute Gasteiger partial charge is 0.497 e. The van der Waals surface area contributed by atoms with Gasteiger partial charge in [-0.25, -0.2) is 0 Å². The molecule has 4 heteroatoms. The van der Waals surface area contributed by atoms with Crippen LogP contribution in [0.15, 0.2) is 30.6 Å². The normalized spacial score (nSPS) is 11.8. The van der Waals surface area contributed by atoms with Gasteiger partial charge in [0.15, 0.2) is 5.78 Å². The van der Waals surface area contributed by atoms with Gasteiger partial charge in [0.1, 0.15) is 5.75 Å².